The van der Waals surface area contributed by atoms with Gasteiger partial charge in [-0.2, -0.15) is 9.30 Å². The van der Waals surface area contributed by atoms with Gasteiger partial charge in [-0.15, -0.1) is 0 Å². The summed E-state index contributed by atoms with van der Waals surface area (Å²) >= 11 is 1.17. The summed E-state index contributed by atoms with van der Waals surface area (Å²) in [6.07, 6.45) is 1.08. The number of fused-ring (bicyclic) bond motifs is 1. The summed E-state index contributed by atoms with van der Waals surface area (Å²) in [5, 5.41) is 5.26. The van der Waals surface area contributed by atoms with Gasteiger partial charge in [-0.3, -0.25) is 4.79 Å². The van der Waals surface area contributed by atoms with Gasteiger partial charge in [0, 0.05) is 26.7 Å². The molecule has 1 amide bonds. The van der Waals surface area contributed by atoms with Gasteiger partial charge in [0.2, 0.25) is 20.0 Å². The van der Waals surface area contributed by atoms with E-state index in [0.717, 1.165) is 0 Å². The van der Waals surface area contributed by atoms with Crippen LogP contribution in [0.4, 0.5) is 0 Å². The number of hydrogen-bond donors (Lipinski definition) is 1. The molecule has 1 aliphatic heterocycles. The normalized spacial score (nSPS) is 18.2. The number of nitrogens with zero attached hydrogens (tertiary/aromatic N) is 3. The minimum absolute atomic E-state index is 0.0305. The van der Waals surface area contributed by atoms with E-state index in [1.54, 1.807) is 35.9 Å². The maximum Gasteiger partial charge on any atom is 0.252 e. The Labute approximate surface area is 207 Å². The van der Waals surface area contributed by atoms with Gasteiger partial charge in [0.1, 0.15) is 0 Å². The van der Waals surface area contributed by atoms with Crippen LogP contribution in [0.15, 0.2) is 63.3 Å². The molecule has 13 heteroatoms. The van der Waals surface area contributed by atoms with Crippen molar-refractivity contribution >= 4 is 47.5 Å². The number of hydrogen-bond acceptors (Lipinski definition) is 7. The van der Waals surface area contributed by atoms with Crippen molar-refractivity contribution < 1.29 is 26.4 Å². The van der Waals surface area contributed by atoms with Crippen LogP contribution < -0.4 is 9.94 Å². The Morgan fingerprint density at radius 2 is 1.89 bits per heavy atom. The first-order valence-corrected chi connectivity index (χ1v) is 14.7. The van der Waals surface area contributed by atoms with E-state index in [1.165, 1.54) is 39.9 Å². The van der Waals surface area contributed by atoms with Crippen molar-refractivity contribution in [1.82, 2.24) is 8.87 Å². The number of ether oxygens (including phenoxy) is 1. The van der Waals surface area contributed by atoms with Crippen molar-refractivity contribution in [3.8, 4) is 0 Å². The maximum atomic E-state index is 13.2. The molecule has 1 aromatic heterocycles. The van der Waals surface area contributed by atoms with Gasteiger partial charge < -0.3 is 9.30 Å². The minimum atomic E-state index is -3.89. The predicted molar refractivity (Wildman–Crippen MR) is 132 cm³/mol. The van der Waals surface area contributed by atoms with Gasteiger partial charge in [-0.1, -0.05) is 29.5 Å². The van der Waals surface area contributed by atoms with E-state index < -0.39 is 31.9 Å². The van der Waals surface area contributed by atoms with E-state index in [1.807, 2.05) is 0 Å². The van der Waals surface area contributed by atoms with Crippen LogP contribution in [-0.4, -0.2) is 58.4 Å². The first-order chi connectivity index (χ1) is 16.6. The Balaban J connectivity index is 1.67. The fourth-order valence-corrected chi connectivity index (χ4v) is 7.26. The molecule has 10 nitrogen and oxygen atoms in total. The standard InChI is InChI=1S/C22H26N4O6S3/c1-32-13-12-26-19-10-9-18(34(23,28)29)14-20(19)33-22(26)24-21(27)16-6-5-11-25(15-16)35(30,31)17-7-3-2-4-8-17/h2-4,7-10,14,16H,5-6,11-13,15H2,1H3,(H2,23,28,29). The van der Waals surface area contributed by atoms with Crippen molar-refractivity contribution in [3.63, 3.8) is 0 Å². The summed E-state index contributed by atoms with van der Waals surface area (Å²) in [5.41, 5.74) is 0.697. The lowest BCUT2D eigenvalue weighted by molar-refractivity contribution is -0.122. The van der Waals surface area contributed by atoms with Crippen LogP contribution in [0.3, 0.4) is 0 Å². The largest absolute Gasteiger partial charge is 0.383 e. The molecule has 0 spiro atoms. The highest BCUT2D eigenvalue weighted by Gasteiger charge is 2.33. The van der Waals surface area contributed by atoms with Crippen molar-refractivity contribution in [3.05, 3.63) is 53.3 Å². The van der Waals surface area contributed by atoms with Crippen molar-refractivity contribution in [2.45, 2.75) is 29.2 Å². The maximum absolute atomic E-state index is 13.2. The van der Waals surface area contributed by atoms with Gasteiger partial charge in [0.15, 0.2) is 4.80 Å². The second kappa shape index (κ2) is 10.3. The van der Waals surface area contributed by atoms with Crippen molar-refractivity contribution in [2.75, 3.05) is 26.8 Å². The van der Waals surface area contributed by atoms with E-state index in [2.05, 4.69) is 4.99 Å². The quantitative estimate of drug-likeness (QED) is 0.484. The van der Waals surface area contributed by atoms with E-state index in [9.17, 15) is 21.6 Å². The SMILES string of the molecule is COCCn1c(=NC(=O)C2CCCN(S(=O)(=O)c3ccccc3)C2)sc2cc(S(N)(=O)=O)ccc21. The fourth-order valence-electron chi connectivity index (χ4n) is 4.00. The lowest BCUT2D eigenvalue weighted by Crippen LogP contribution is -2.42. The van der Waals surface area contributed by atoms with E-state index in [4.69, 9.17) is 9.88 Å². The molecule has 3 aromatic rings. The number of amides is 1. The highest BCUT2D eigenvalue weighted by molar-refractivity contribution is 7.89. The third-order valence-corrected chi connectivity index (χ3v) is 9.65. The number of nitrogens with two attached hydrogens (primary N) is 1. The first-order valence-electron chi connectivity index (χ1n) is 10.9. The molecule has 35 heavy (non-hydrogen) atoms. The van der Waals surface area contributed by atoms with Gasteiger partial charge in [-0.25, -0.2) is 22.0 Å². The monoisotopic (exact) mass is 538 g/mol. The number of benzene rings is 2. The molecule has 188 valence electrons. The highest BCUT2D eigenvalue weighted by Crippen LogP contribution is 2.25. The van der Waals surface area contributed by atoms with Crippen LogP contribution >= 0.6 is 11.3 Å². The van der Waals surface area contributed by atoms with E-state index >= 15 is 0 Å². The molecular formula is C22H26N4O6S3. The number of primary sulfonamides is 1. The lowest BCUT2D eigenvalue weighted by atomic mass is 9.99. The van der Waals surface area contributed by atoms with Gasteiger partial charge in [-0.05, 0) is 43.2 Å². The molecule has 1 fully saturated rings. The molecule has 0 bridgehead atoms. The number of aromatic nitrogens is 1. The Morgan fingerprint density at radius 1 is 1.14 bits per heavy atom. The third kappa shape index (κ3) is 5.55. The zero-order valence-corrected chi connectivity index (χ0v) is 21.5. The Bertz CT molecular complexity index is 1510. The zero-order valence-electron chi connectivity index (χ0n) is 19.0. The Kier molecular flexibility index (Phi) is 7.54. The summed E-state index contributed by atoms with van der Waals surface area (Å²) in [7, 11) is -6.04. The Hall–Kier alpha value is -2.42. The molecule has 0 saturated carbocycles. The number of methoxy groups -OCH3 is 1. The molecule has 1 unspecified atom stereocenters. The molecule has 2 N–H and O–H groups in total. The molecule has 4 rings (SSSR count). The molecular weight excluding hydrogens is 512 g/mol. The molecule has 0 radical (unpaired) electrons. The topological polar surface area (TPSA) is 141 Å². The smallest absolute Gasteiger partial charge is 0.252 e. The predicted octanol–water partition coefficient (Wildman–Crippen LogP) is 1.52. The second-order valence-electron chi connectivity index (χ2n) is 8.17. The van der Waals surface area contributed by atoms with Crippen LogP contribution in [0.2, 0.25) is 0 Å². The number of carbonyl (C=O) groups excluding carboxylic acids is 1. The molecule has 1 atom stereocenters. The van der Waals surface area contributed by atoms with Crippen molar-refractivity contribution in [1.29, 1.82) is 0 Å². The lowest BCUT2D eigenvalue weighted by Gasteiger charge is -2.30. The summed E-state index contributed by atoms with van der Waals surface area (Å²) in [5.74, 6) is -0.995. The number of thiazole rings is 1. The molecule has 2 aromatic carbocycles. The number of rotatable bonds is 7. The fraction of sp³-hybridized carbons (Fsp3) is 0.364. The van der Waals surface area contributed by atoms with Crippen molar-refractivity contribution in [2.24, 2.45) is 16.0 Å². The summed E-state index contributed by atoms with van der Waals surface area (Å²) < 4.78 is 58.5. The highest BCUT2D eigenvalue weighted by atomic mass is 32.2. The minimum Gasteiger partial charge on any atom is -0.383 e. The summed E-state index contributed by atoms with van der Waals surface area (Å²) in [6.45, 7) is 1.15. The number of piperidine rings is 1. The number of carbonyl (C=O) groups is 1. The van der Waals surface area contributed by atoms with Crippen LogP contribution in [-0.2, 0) is 36.1 Å². The van der Waals surface area contributed by atoms with E-state index in [-0.39, 0.29) is 16.3 Å². The zero-order chi connectivity index (χ0) is 25.2. The first kappa shape index (κ1) is 25.7. The second-order valence-corrected chi connectivity index (χ2v) is 12.7. The Morgan fingerprint density at radius 3 is 2.57 bits per heavy atom. The summed E-state index contributed by atoms with van der Waals surface area (Å²) in [6, 6.07) is 12.6. The third-order valence-electron chi connectivity index (χ3n) is 5.82. The van der Waals surface area contributed by atoms with Crippen LogP contribution in [0.25, 0.3) is 10.2 Å². The molecule has 2 heterocycles. The van der Waals surface area contributed by atoms with E-state index in [0.29, 0.717) is 47.6 Å². The van der Waals surface area contributed by atoms with Crippen LogP contribution in [0.5, 0.6) is 0 Å². The average Bonchev–Trinajstić information content (AvgIpc) is 3.18. The van der Waals surface area contributed by atoms with Gasteiger partial charge >= 0.3 is 0 Å². The summed E-state index contributed by atoms with van der Waals surface area (Å²) in [4.78, 5) is 18.0. The molecule has 1 saturated heterocycles. The average molecular weight is 539 g/mol. The van der Waals surface area contributed by atoms with Crippen LogP contribution in [0, 0.1) is 5.92 Å². The van der Waals surface area contributed by atoms with Crippen LogP contribution in [0.1, 0.15) is 12.8 Å². The van der Waals surface area contributed by atoms with Gasteiger partial charge in [0.25, 0.3) is 5.91 Å². The number of sulfonamides is 2. The molecule has 1 aliphatic rings. The van der Waals surface area contributed by atoms with Gasteiger partial charge in [0.05, 0.1) is 32.5 Å². The molecule has 0 aliphatic carbocycles.